The Morgan fingerprint density at radius 3 is 1.97 bits per heavy atom. The van der Waals surface area contributed by atoms with E-state index in [1.165, 1.54) is 0 Å². The minimum Gasteiger partial charge on any atom is -0.455 e. The minimum absolute atomic E-state index is 0.330. The molecule has 6 nitrogen and oxygen atoms in total. The fourth-order valence-electron chi connectivity index (χ4n) is 3.40. The second kappa shape index (κ2) is 11.3. The van der Waals surface area contributed by atoms with Gasteiger partial charge in [0, 0.05) is 12.1 Å². The summed E-state index contributed by atoms with van der Waals surface area (Å²) in [5.41, 5.74) is 2.08. The van der Waals surface area contributed by atoms with E-state index in [-0.39, 0.29) is 5.91 Å². The zero-order chi connectivity index (χ0) is 23.6. The standard InChI is InChI=1S/C28H25N3O3/c32-27(30-24-18-10-11-19-26(24)34-23-16-8-3-9-17-23)25(20-21-12-4-1-5-13-21)31-28(33)29-22-14-6-2-7-15-22/h1-19,25H,20H2,(H,30,32)(H2,29,31,33). The van der Waals surface area contributed by atoms with E-state index < -0.39 is 12.1 Å². The normalized spacial score (nSPS) is 11.2. The number of rotatable bonds is 8. The van der Waals surface area contributed by atoms with Crippen LogP contribution in [0.2, 0.25) is 0 Å². The number of carbonyl (C=O) groups is 2. The lowest BCUT2D eigenvalue weighted by Crippen LogP contribution is -2.46. The monoisotopic (exact) mass is 451 g/mol. The maximum absolute atomic E-state index is 13.3. The smallest absolute Gasteiger partial charge is 0.319 e. The molecule has 0 aliphatic heterocycles. The van der Waals surface area contributed by atoms with Crippen molar-refractivity contribution in [1.29, 1.82) is 0 Å². The second-order valence-electron chi connectivity index (χ2n) is 7.61. The molecule has 34 heavy (non-hydrogen) atoms. The van der Waals surface area contributed by atoms with Crippen LogP contribution >= 0.6 is 0 Å². The van der Waals surface area contributed by atoms with Crippen LogP contribution in [0.1, 0.15) is 5.56 Å². The molecule has 0 heterocycles. The Kier molecular flexibility index (Phi) is 7.54. The summed E-state index contributed by atoms with van der Waals surface area (Å²) in [5, 5.41) is 8.48. The van der Waals surface area contributed by atoms with Gasteiger partial charge in [0.2, 0.25) is 5.91 Å². The van der Waals surface area contributed by atoms with E-state index in [0.29, 0.717) is 29.3 Å². The predicted molar refractivity (Wildman–Crippen MR) is 134 cm³/mol. The minimum atomic E-state index is -0.809. The lowest BCUT2D eigenvalue weighted by Gasteiger charge is -2.20. The summed E-state index contributed by atoms with van der Waals surface area (Å²) in [7, 11) is 0. The third-order valence-electron chi connectivity index (χ3n) is 5.05. The number of hydrogen-bond acceptors (Lipinski definition) is 3. The zero-order valence-electron chi connectivity index (χ0n) is 18.5. The van der Waals surface area contributed by atoms with E-state index in [1.54, 1.807) is 24.3 Å². The van der Waals surface area contributed by atoms with Crippen LogP contribution in [0.15, 0.2) is 115 Å². The Bertz CT molecular complexity index is 1220. The Labute approximate surface area is 198 Å². The van der Waals surface area contributed by atoms with E-state index >= 15 is 0 Å². The number of urea groups is 1. The average Bonchev–Trinajstić information content (AvgIpc) is 2.87. The van der Waals surface area contributed by atoms with Crippen LogP contribution in [0.25, 0.3) is 0 Å². The third kappa shape index (κ3) is 6.46. The Morgan fingerprint density at radius 2 is 1.26 bits per heavy atom. The molecule has 3 N–H and O–H groups in total. The number of benzene rings is 4. The van der Waals surface area contributed by atoms with Crippen LogP contribution in [0, 0.1) is 0 Å². The highest BCUT2D eigenvalue weighted by molar-refractivity contribution is 6.00. The zero-order valence-corrected chi connectivity index (χ0v) is 18.5. The molecule has 0 fully saturated rings. The van der Waals surface area contributed by atoms with Gasteiger partial charge >= 0.3 is 6.03 Å². The van der Waals surface area contributed by atoms with Crippen molar-refractivity contribution in [3.63, 3.8) is 0 Å². The van der Waals surface area contributed by atoms with Gasteiger partial charge in [0.05, 0.1) is 5.69 Å². The molecule has 170 valence electrons. The van der Waals surface area contributed by atoms with Crippen molar-refractivity contribution in [3.8, 4) is 11.5 Å². The van der Waals surface area contributed by atoms with Gasteiger partial charge in [-0.3, -0.25) is 4.79 Å². The van der Waals surface area contributed by atoms with Crippen LogP contribution in [0.3, 0.4) is 0 Å². The first kappa shape index (κ1) is 22.6. The molecule has 1 atom stereocenters. The van der Waals surface area contributed by atoms with Crippen LogP contribution in [0.5, 0.6) is 11.5 Å². The maximum atomic E-state index is 13.3. The molecule has 4 rings (SSSR count). The first-order chi connectivity index (χ1) is 16.7. The number of carbonyl (C=O) groups excluding carboxylic acids is 2. The summed E-state index contributed by atoms with van der Waals surface area (Å²) in [5.74, 6) is 0.816. The van der Waals surface area contributed by atoms with Crippen molar-refractivity contribution in [2.75, 3.05) is 10.6 Å². The van der Waals surface area contributed by atoms with Gasteiger partial charge in [-0.2, -0.15) is 0 Å². The number of ether oxygens (including phenoxy) is 1. The third-order valence-corrected chi connectivity index (χ3v) is 5.05. The molecule has 0 bridgehead atoms. The summed E-state index contributed by atoms with van der Waals surface area (Å²) >= 11 is 0. The van der Waals surface area contributed by atoms with Gasteiger partial charge in [-0.05, 0) is 42.0 Å². The predicted octanol–water partition coefficient (Wildman–Crippen LogP) is 5.85. The molecule has 0 radical (unpaired) electrons. The SMILES string of the molecule is O=C(Nc1ccccc1)NC(Cc1ccccc1)C(=O)Nc1ccccc1Oc1ccccc1. The Morgan fingerprint density at radius 1 is 0.676 bits per heavy atom. The van der Waals surface area contributed by atoms with Crippen LogP contribution in [-0.4, -0.2) is 18.0 Å². The quantitative estimate of drug-likeness (QED) is 0.314. The lowest BCUT2D eigenvalue weighted by molar-refractivity contribution is -0.117. The first-order valence-corrected chi connectivity index (χ1v) is 11.0. The van der Waals surface area contributed by atoms with Crippen LogP contribution in [0.4, 0.5) is 16.2 Å². The second-order valence-corrected chi connectivity index (χ2v) is 7.61. The van der Waals surface area contributed by atoms with Gasteiger partial charge in [0.1, 0.15) is 11.8 Å². The molecular formula is C28H25N3O3. The van der Waals surface area contributed by atoms with Crippen molar-refractivity contribution in [1.82, 2.24) is 5.32 Å². The molecule has 4 aromatic carbocycles. The molecular weight excluding hydrogens is 426 g/mol. The van der Waals surface area contributed by atoms with Crippen LogP contribution < -0.4 is 20.7 Å². The summed E-state index contributed by atoms with van der Waals surface area (Å²) in [6.07, 6.45) is 0.330. The summed E-state index contributed by atoms with van der Waals surface area (Å²) < 4.78 is 5.95. The number of amides is 3. The highest BCUT2D eigenvalue weighted by Crippen LogP contribution is 2.29. The number of para-hydroxylation sites is 4. The van der Waals surface area contributed by atoms with E-state index in [0.717, 1.165) is 5.56 Å². The Hall–Kier alpha value is -4.58. The fraction of sp³-hybridized carbons (Fsp3) is 0.0714. The van der Waals surface area contributed by atoms with E-state index in [4.69, 9.17) is 4.74 Å². The summed E-state index contributed by atoms with van der Waals surface area (Å²) in [6.45, 7) is 0. The molecule has 0 aliphatic carbocycles. The average molecular weight is 452 g/mol. The largest absolute Gasteiger partial charge is 0.455 e. The highest BCUT2D eigenvalue weighted by Gasteiger charge is 2.22. The Balaban J connectivity index is 1.50. The van der Waals surface area contributed by atoms with Gasteiger partial charge in [-0.25, -0.2) is 4.79 Å². The van der Waals surface area contributed by atoms with Crippen molar-refractivity contribution in [2.45, 2.75) is 12.5 Å². The van der Waals surface area contributed by atoms with Crippen molar-refractivity contribution >= 4 is 23.3 Å². The topological polar surface area (TPSA) is 79.5 Å². The van der Waals surface area contributed by atoms with E-state index in [1.807, 2.05) is 91.0 Å². The molecule has 3 amide bonds. The van der Waals surface area contributed by atoms with Crippen molar-refractivity contribution in [3.05, 3.63) is 121 Å². The van der Waals surface area contributed by atoms with Gasteiger partial charge in [-0.1, -0.05) is 78.9 Å². The molecule has 0 spiro atoms. The summed E-state index contributed by atoms with van der Waals surface area (Å²) in [4.78, 5) is 26.0. The molecule has 1 unspecified atom stereocenters. The number of anilines is 2. The van der Waals surface area contributed by atoms with E-state index in [9.17, 15) is 9.59 Å². The van der Waals surface area contributed by atoms with Gasteiger partial charge < -0.3 is 20.7 Å². The fourth-order valence-corrected chi connectivity index (χ4v) is 3.40. The van der Waals surface area contributed by atoms with Crippen molar-refractivity contribution in [2.24, 2.45) is 0 Å². The molecule has 6 heteroatoms. The molecule has 0 aliphatic rings. The van der Waals surface area contributed by atoms with Gasteiger partial charge in [-0.15, -0.1) is 0 Å². The number of hydrogen-bond donors (Lipinski definition) is 3. The van der Waals surface area contributed by atoms with Gasteiger partial charge in [0.25, 0.3) is 0 Å². The van der Waals surface area contributed by atoms with Gasteiger partial charge in [0.15, 0.2) is 5.75 Å². The molecule has 0 aromatic heterocycles. The molecule has 4 aromatic rings. The first-order valence-electron chi connectivity index (χ1n) is 11.0. The van der Waals surface area contributed by atoms with Crippen LogP contribution in [-0.2, 0) is 11.2 Å². The maximum Gasteiger partial charge on any atom is 0.319 e. The lowest BCUT2D eigenvalue weighted by atomic mass is 10.1. The van der Waals surface area contributed by atoms with Crippen molar-refractivity contribution < 1.29 is 14.3 Å². The highest BCUT2D eigenvalue weighted by atomic mass is 16.5. The number of nitrogens with one attached hydrogen (secondary N) is 3. The molecule has 0 saturated heterocycles. The molecule has 0 saturated carbocycles. The summed E-state index contributed by atoms with van der Waals surface area (Å²) in [6, 6.07) is 33.9. The van der Waals surface area contributed by atoms with E-state index in [2.05, 4.69) is 16.0 Å².